The third-order valence-electron chi connectivity index (χ3n) is 6.35. The lowest BCUT2D eigenvalue weighted by atomic mass is 10.1. The zero-order chi connectivity index (χ0) is 29.3. The van der Waals surface area contributed by atoms with Gasteiger partial charge in [0.2, 0.25) is 11.8 Å². The van der Waals surface area contributed by atoms with Crippen LogP contribution in [0.25, 0.3) is 0 Å². The lowest BCUT2D eigenvalue weighted by Crippen LogP contribution is -2.51. The van der Waals surface area contributed by atoms with Crippen LogP contribution >= 0.6 is 0 Å². The maximum Gasteiger partial charge on any atom is 0.264 e. The van der Waals surface area contributed by atoms with Crippen LogP contribution in [-0.4, -0.2) is 58.0 Å². The minimum atomic E-state index is -4.15. The summed E-state index contributed by atoms with van der Waals surface area (Å²) >= 11 is 0. The Morgan fingerprint density at radius 1 is 0.900 bits per heavy atom. The number of hydrogen-bond donors (Lipinski definition) is 1. The molecule has 1 atom stereocenters. The quantitative estimate of drug-likeness (QED) is 0.333. The number of methoxy groups -OCH3 is 1. The number of nitrogens with zero attached hydrogens (tertiary/aromatic N) is 2. The van der Waals surface area contributed by atoms with Crippen LogP contribution in [0.2, 0.25) is 0 Å². The first-order valence-electron chi connectivity index (χ1n) is 13.1. The molecule has 0 aromatic heterocycles. The molecule has 0 bridgehead atoms. The molecule has 0 heterocycles. The number of ether oxygens (including phenoxy) is 2. The Hall–Kier alpha value is -4.05. The predicted molar refractivity (Wildman–Crippen MR) is 155 cm³/mol. The molecular weight excluding hydrogens is 530 g/mol. The molecule has 0 saturated carbocycles. The molecule has 0 aliphatic heterocycles. The number of aryl methyl sites for hydroxylation is 1. The largest absolute Gasteiger partial charge is 0.497 e. The Morgan fingerprint density at radius 3 is 2.05 bits per heavy atom. The van der Waals surface area contributed by atoms with Gasteiger partial charge in [0, 0.05) is 13.1 Å². The molecule has 3 rings (SSSR count). The Bertz CT molecular complexity index is 1370. The molecule has 214 valence electrons. The summed E-state index contributed by atoms with van der Waals surface area (Å²) in [5, 5.41) is 2.75. The number of carbonyl (C=O) groups excluding carboxylic acids is 2. The van der Waals surface area contributed by atoms with Gasteiger partial charge in [-0.2, -0.15) is 0 Å². The first kappa shape index (κ1) is 30.5. The van der Waals surface area contributed by atoms with Gasteiger partial charge in [0.05, 0.1) is 24.3 Å². The molecule has 0 unspecified atom stereocenters. The van der Waals surface area contributed by atoms with E-state index in [0.29, 0.717) is 30.3 Å². The highest BCUT2D eigenvalue weighted by molar-refractivity contribution is 7.92. The van der Waals surface area contributed by atoms with E-state index in [1.807, 2.05) is 13.8 Å². The summed E-state index contributed by atoms with van der Waals surface area (Å²) < 4.78 is 39.6. The molecule has 3 aromatic carbocycles. The van der Waals surface area contributed by atoms with E-state index in [0.717, 1.165) is 15.4 Å². The van der Waals surface area contributed by atoms with E-state index in [2.05, 4.69) is 5.32 Å². The van der Waals surface area contributed by atoms with Gasteiger partial charge in [-0.05, 0) is 81.8 Å². The number of amides is 2. The molecule has 10 heteroatoms. The highest BCUT2D eigenvalue weighted by Crippen LogP contribution is 2.26. The summed E-state index contributed by atoms with van der Waals surface area (Å²) in [5.74, 6) is 0.344. The van der Waals surface area contributed by atoms with Crippen LogP contribution in [0.1, 0.15) is 31.9 Å². The number of anilines is 1. The fourth-order valence-electron chi connectivity index (χ4n) is 4.07. The molecule has 0 fully saturated rings. The average molecular weight is 568 g/mol. The SMILES string of the molecule is CCNC(=O)[C@@H](C)N(Cc1ccc(OC)cc1)C(=O)CN(c1ccc(C)cc1)S(=O)(=O)c1ccc(OCC)cc1. The summed E-state index contributed by atoms with van der Waals surface area (Å²) in [6, 6.07) is 19.3. The van der Waals surface area contributed by atoms with Gasteiger partial charge < -0.3 is 19.7 Å². The van der Waals surface area contributed by atoms with Crippen molar-refractivity contribution in [3.05, 3.63) is 83.9 Å². The first-order valence-corrected chi connectivity index (χ1v) is 14.6. The first-order chi connectivity index (χ1) is 19.1. The minimum absolute atomic E-state index is 0.0165. The Morgan fingerprint density at radius 2 is 1.50 bits per heavy atom. The number of carbonyl (C=O) groups is 2. The second-order valence-electron chi connectivity index (χ2n) is 9.19. The van der Waals surface area contributed by atoms with Gasteiger partial charge >= 0.3 is 0 Å². The van der Waals surface area contributed by atoms with Crippen molar-refractivity contribution in [3.8, 4) is 11.5 Å². The average Bonchev–Trinajstić information content (AvgIpc) is 2.95. The van der Waals surface area contributed by atoms with E-state index < -0.39 is 28.5 Å². The number of rotatable bonds is 13. The fourth-order valence-corrected chi connectivity index (χ4v) is 5.49. The Labute approximate surface area is 236 Å². The molecule has 2 amide bonds. The van der Waals surface area contributed by atoms with E-state index in [1.165, 1.54) is 17.0 Å². The van der Waals surface area contributed by atoms with Gasteiger partial charge in [0.25, 0.3) is 10.0 Å². The van der Waals surface area contributed by atoms with Crippen LogP contribution in [0.3, 0.4) is 0 Å². The van der Waals surface area contributed by atoms with Gasteiger partial charge in [0.1, 0.15) is 24.1 Å². The van der Waals surface area contributed by atoms with Crippen molar-refractivity contribution in [2.45, 2.75) is 45.2 Å². The van der Waals surface area contributed by atoms with Crippen molar-refractivity contribution >= 4 is 27.5 Å². The van der Waals surface area contributed by atoms with Crippen LogP contribution in [0.4, 0.5) is 5.69 Å². The van der Waals surface area contributed by atoms with Gasteiger partial charge in [-0.1, -0.05) is 29.8 Å². The minimum Gasteiger partial charge on any atom is -0.497 e. The molecule has 0 aliphatic rings. The zero-order valence-electron chi connectivity index (χ0n) is 23.6. The standard InChI is InChI=1S/C30H37N3O6S/c1-6-31-30(35)23(4)32(20-24-10-14-26(38-5)15-11-24)29(34)21-33(25-12-8-22(3)9-13-25)40(36,37)28-18-16-27(17-19-28)39-7-2/h8-19,23H,6-7,20-21H2,1-5H3,(H,31,35)/t23-/m1/s1. The van der Waals surface area contributed by atoms with Crippen molar-refractivity contribution in [2.75, 3.05) is 31.1 Å². The van der Waals surface area contributed by atoms with E-state index in [-0.39, 0.29) is 17.3 Å². The molecule has 40 heavy (non-hydrogen) atoms. The molecule has 3 aromatic rings. The summed E-state index contributed by atoms with van der Waals surface area (Å²) in [4.78, 5) is 28.1. The van der Waals surface area contributed by atoms with Crippen molar-refractivity contribution in [1.82, 2.24) is 10.2 Å². The summed E-state index contributed by atoms with van der Waals surface area (Å²) in [5.41, 5.74) is 2.05. The van der Waals surface area contributed by atoms with E-state index in [9.17, 15) is 18.0 Å². The molecule has 0 spiro atoms. The van der Waals surface area contributed by atoms with Gasteiger partial charge in [-0.15, -0.1) is 0 Å². The molecule has 1 N–H and O–H groups in total. The molecule has 0 aliphatic carbocycles. The maximum absolute atomic E-state index is 13.9. The predicted octanol–water partition coefficient (Wildman–Crippen LogP) is 4.15. The third-order valence-corrected chi connectivity index (χ3v) is 8.14. The Kier molecular flexibility index (Phi) is 10.6. The second kappa shape index (κ2) is 13.8. The van der Waals surface area contributed by atoms with Crippen molar-refractivity contribution in [1.29, 1.82) is 0 Å². The van der Waals surface area contributed by atoms with Crippen LogP contribution < -0.4 is 19.1 Å². The van der Waals surface area contributed by atoms with E-state index in [4.69, 9.17) is 9.47 Å². The van der Waals surface area contributed by atoms with E-state index >= 15 is 0 Å². The van der Waals surface area contributed by atoms with Gasteiger partial charge in [0.15, 0.2) is 0 Å². The second-order valence-corrected chi connectivity index (χ2v) is 11.1. The number of sulfonamides is 1. The molecule has 9 nitrogen and oxygen atoms in total. The highest BCUT2D eigenvalue weighted by atomic mass is 32.2. The van der Waals surface area contributed by atoms with Crippen LogP contribution in [0, 0.1) is 6.92 Å². The highest BCUT2D eigenvalue weighted by Gasteiger charge is 2.32. The van der Waals surface area contributed by atoms with Gasteiger partial charge in [-0.3, -0.25) is 13.9 Å². The monoisotopic (exact) mass is 567 g/mol. The smallest absolute Gasteiger partial charge is 0.264 e. The molecule has 0 radical (unpaired) electrons. The number of likely N-dealkylation sites (N-methyl/N-ethyl adjacent to an activating group) is 1. The van der Waals surface area contributed by atoms with Crippen molar-refractivity contribution in [2.24, 2.45) is 0 Å². The fraction of sp³-hybridized carbons (Fsp3) is 0.333. The van der Waals surface area contributed by atoms with E-state index in [1.54, 1.807) is 81.6 Å². The Balaban J connectivity index is 2.00. The van der Waals surface area contributed by atoms with Crippen molar-refractivity contribution in [3.63, 3.8) is 0 Å². The normalized spacial score (nSPS) is 11.8. The maximum atomic E-state index is 13.9. The number of nitrogens with one attached hydrogen (secondary N) is 1. The lowest BCUT2D eigenvalue weighted by molar-refractivity contribution is -0.139. The summed E-state index contributed by atoms with van der Waals surface area (Å²) in [6.45, 7) is 7.61. The topological polar surface area (TPSA) is 105 Å². The zero-order valence-corrected chi connectivity index (χ0v) is 24.4. The van der Waals surface area contributed by atoms with Crippen LogP contribution in [-0.2, 0) is 26.2 Å². The van der Waals surface area contributed by atoms with Crippen LogP contribution in [0.15, 0.2) is 77.7 Å². The summed E-state index contributed by atoms with van der Waals surface area (Å²) in [6.07, 6.45) is 0. The lowest BCUT2D eigenvalue weighted by Gasteiger charge is -2.32. The summed E-state index contributed by atoms with van der Waals surface area (Å²) in [7, 11) is -2.59. The van der Waals surface area contributed by atoms with Crippen LogP contribution in [0.5, 0.6) is 11.5 Å². The number of hydrogen-bond acceptors (Lipinski definition) is 6. The number of benzene rings is 3. The van der Waals surface area contributed by atoms with Gasteiger partial charge in [-0.25, -0.2) is 8.42 Å². The third kappa shape index (κ3) is 7.53. The molecular formula is C30H37N3O6S. The van der Waals surface area contributed by atoms with Crippen molar-refractivity contribution < 1.29 is 27.5 Å². The molecule has 0 saturated heterocycles.